The summed E-state index contributed by atoms with van der Waals surface area (Å²) in [6.07, 6.45) is -0.0184. The number of piperidine rings is 1. The van der Waals surface area contributed by atoms with Gasteiger partial charge < -0.3 is 23.7 Å². The van der Waals surface area contributed by atoms with Gasteiger partial charge in [0.2, 0.25) is 0 Å². The zero-order chi connectivity index (χ0) is 29.1. The first-order valence-corrected chi connectivity index (χ1v) is 12.9. The first-order chi connectivity index (χ1) is 18.9. The molecule has 0 aliphatic carbocycles. The van der Waals surface area contributed by atoms with E-state index in [4.69, 9.17) is 14.2 Å². The molecule has 40 heavy (non-hydrogen) atoms. The van der Waals surface area contributed by atoms with Crippen LogP contribution in [0.4, 0.5) is 13.6 Å². The molecule has 1 fully saturated rings. The summed E-state index contributed by atoms with van der Waals surface area (Å²) in [6.45, 7) is 5.64. The molecule has 1 aliphatic rings. The van der Waals surface area contributed by atoms with Gasteiger partial charge in [0.25, 0.3) is 5.92 Å². The molecule has 210 valence electrons. The lowest BCUT2D eigenvalue weighted by molar-refractivity contribution is -0.0840. The van der Waals surface area contributed by atoms with Gasteiger partial charge in [0.1, 0.15) is 28.9 Å². The maximum atomic E-state index is 14.9. The number of hydrogen-bond acceptors (Lipinski definition) is 6. The normalized spacial score (nSPS) is 16.6. The van der Waals surface area contributed by atoms with Crippen LogP contribution in [-0.2, 0) is 9.47 Å². The van der Waals surface area contributed by atoms with Gasteiger partial charge in [-0.2, -0.15) is 5.26 Å². The summed E-state index contributed by atoms with van der Waals surface area (Å²) in [6, 6.07) is 17.1. The Hall–Kier alpha value is -4.39. The zero-order valence-electron chi connectivity index (χ0n) is 22.8. The average Bonchev–Trinajstić information content (AvgIpc) is 3.28. The van der Waals surface area contributed by atoms with Crippen molar-refractivity contribution < 1.29 is 32.6 Å². The van der Waals surface area contributed by atoms with Crippen LogP contribution in [-0.4, -0.2) is 52.7 Å². The molecule has 3 aromatic rings. The Morgan fingerprint density at radius 3 is 2.33 bits per heavy atom. The van der Waals surface area contributed by atoms with Gasteiger partial charge in [-0.15, -0.1) is 0 Å². The number of likely N-dealkylation sites (tertiary alicyclic amines) is 1. The number of benzene rings is 2. The number of rotatable bonds is 6. The first kappa shape index (κ1) is 28.6. The zero-order valence-corrected chi connectivity index (χ0v) is 22.8. The van der Waals surface area contributed by atoms with Gasteiger partial charge in [-0.3, -0.25) is 0 Å². The van der Waals surface area contributed by atoms with E-state index in [0.29, 0.717) is 22.6 Å². The number of nitriles is 1. The minimum atomic E-state index is -3.25. The molecule has 10 heteroatoms. The van der Waals surface area contributed by atoms with Crippen molar-refractivity contribution >= 4 is 12.1 Å². The molecule has 1 aliphatic heterocycles. The summed E-state index contributed by atoms with van der Waals surface area (Å²) in [5, 5.41) is 10.1. The number of amides is 1. The number of carbonyl (C=O) groups excluding carboxylic acids is 2. The molecule has 1 amide bonds. The Morgan fingerprint density at radius 2 is 1.73 bits per heavy atom. The standard InChI is InChI=1S/C30H31F2N3O5/c1-5-38-27(36)26-24(16-33)25(20-11-13-23(14-12-20)39-22-9-7-6-8-10-22)18-35(26)21-15-30(31,32)19-34(17-21)28(37)40-29(2,3)4/h6-14,18,21H,5,15,17,19H2,1-4H3. The average molecular weight is 552 g/mol. The van der Waals surface area contributed by atoms with Crippen molar-refractivity contribution in [3.05, 3.63) is 72.1 Å². The number of hydrogen-bond donors (Lipinski definition) is 0. The lowest BCUT2D eigenvalue weighted by Crippen LogP contribution is -2.51. The molecular formula is C30H31F2N3O5. The van der Waals surface area contributed by atoms with Gasteiger partial charge in [-0.25, -0.2) is 18.4 Å². The van der Waals surface area contributed by atoms with Crippen molar-refractivity contribution in [2.75, 3.05) is 19.7 Å². The molecule has 0 bridgehead atoms. The van der Waals surface area contributed by atoms with Gasteiger partial charge in [0.15, 0.2) is 0 Å². The van der Waals surface area contributed by atoms with E-state index in [-0.39, 0.29) is 24.4 Å². The van der Waals surface area contributed by atoms with E-state index in [1.807, 2.05) is 30.3 Å². The maximum Gasteiger partial charge on any atom is 0.410 e. The predicted octanol–water partition coefficient (Wildman–Crippen LogP) is 6.81. The Bertz CT molecular complexity index is 1410. The summed E-state index contributed by atoms with van der Waals surface area (Å²) in [7, 11) is 0. The molecule has 0 saturated carbocycles. The van der Waals surface area contributed by atoms with Crippen molar-refractivity contribution in [3.63, 3.8) is 0 Å². The molecule has 0 radical (unpaired) electrons. The largest absolute Gasteiger partial charge is 0.461 e. The fourth-order valence-corrected chi connectivity index (χ4v) is 4.60. The number of nitrogens with zero attached hydrogens (tertiary/aromatic N) is 3. The molecule has 0 spiro atoms. The fraction of sp³-hybridized carbons (Fsp3) is 0.367. The van der Waals surface area contributed by atoms with Crippen molar-refractivity contribution in [2.24, 2.45) is 0 Å². The molecule has 1 unspecified atom stereocenters. The summed E-state index contributed by atoms with van der Waals surface area (Å²) < 4.78 is 47.6. The molecule has 2 aromatic carbocycles. The fourth-order valence-electron chi connectivity index (χ4n) is 4.60. The Morgan fingerprint density at radius 1 is 1.07 bits per heavy atom. The third-order valence-corrected chi connectivity index (χ3v) is 6.19. The van der Waals surface area contributed by atoms with Crippen LogP contribution in [0, 0.1) is 11.3 Å². The number of para-hydroxylation sites is 1. The minimum absolute atomic E-state index is 0.00659. The smallest absolute Gasteiger partial charge is 0.410 e. The van der Waals surface area contributed by atoms with Gasteiger partial charge in [-0.05, 0) is 57.5 Å². The van der Waals surface area contributed by atoms with E-state index in [0.717, 1.165) is 4.90 Å². The van der Waals surface area contributed by atoms with E-state index in [2.05, 4.69) is 6.07 Å². The second-order valence-electron chi connectivity index (χ2n) is 10.5. The van der Waals surface area contributed by atoms with E-state index < -0.39 is 42.6 Å². The Kier molecular flexibility index (Phi) is 8.14. The van der Waals surface area contributed by atoms with Crippen LogP contribution in [0.1, 0.15) is 56.2 Å². The maximum absolute atomic E-state index is 14.9. The van der Waals surface area contributed by atoms with Gasteiger partial charge in [-0.1, -0.05) is 30.3 Å². The second kappa shape index (κ2) is 11.4. The lowest BCUT2D eigenvalue weighted by atomic mass is 10.0. The Balaban J connectivity index is 1.73. The molecular weight excluding hydrogens is 520 g/mol. The highest BCUT2D eigenvalue weighted by molar-refractivity contribution is 5.94. The molecule has 4 rings (SSSR count). The van der Waals surface area contributed by atoms with Crippen molar-refractivity contribution in [2.45, 2.75) is 51.7 Å². The van der Waals surface area contributed by atoms with E-state index >= 15 is 0 Å². The summed E-state index contributed by atoms with van der Waals surface area (Å²) in [5.74, 6) is -2.86. The lowest BCUT2D eigenvalue weighted by Gasteiger charge is -2.39. The van der Waals surface area contributed by atoms with E-state index in [9.17, 15) is 23.6 Å². The quantitative estimate of drug-likeness (QED) is 0.312. The van der Waals surface area contributed by atoms with Crippen molar-refractivity contribution in [1.29, 1.82) is 5.26 Å². The highest BCUT2D eigenvalue weighted by Gasteiger charge is 2.45. The number of ether oxygens (including phenoxy) is 3. The van der Waals surface area contributed by atoms with Crippen LogP contribution < -0.4 is 4.74 Å². The van der Waals surface area contributed by atoms with E-state index in [1.165, 1.54) is 10.8 Å². The van der Waals surface area contributed by atoms with Crippen LogP contribution in [0.5, 0.6) is 11.5 Å². The Labute approximate surface area is 231 Å². The third-order valence-electron chi connectivity index (χ3n) is 6.19. The number of carbonyl (C=O) groups is 2. The monoisotopic (exact) mass is 551 g/mol. The van der Waals surface area contributed by atoms with Crippen LogP contribution in [0.2, 0.25) is 0 Å². The number of esters is 1. The highest BCUT2D eigenvalue weighted by atomic mass is 19.3. The molecule has 8 nitrogen and oxygen atoms in total. The SMILES string of the molecule is CCOC(=O)c1c(C#N)c(-c2ccc(Oc3ccccc3)cc2)cn1C1CN(C(=O)OC(C)(C)C)CC(F)(F)C1. The van der Waals surface area contributed by atoms with Gasteiger partial charge >= 0.3 is 12.1 Å². The number of halogens is 2. The summed E-state index contributed by atoms with van der Waals surface area (Å²) >= 11 is 0. The number of aromatic nitrogens is 1. The summed E-state index contributed by atoms with van der Waals surface area (Å²) in [5.41, 5.74) is -0.0774. The minimum Gasteiger partial charge on any atom is -0.461 e. The predicted molar refractivity (Wildman–Crippen MR) is 143 cm³/mol. The molecule has 0 N–H and O–H groups in total. The van der Waals surface area contributed by atoms with E-state index in [1.54, 1.807) is 52.0 Å². The van der Waals surface area contributed by atoms with Crippen molar-refractivity contribution in [3.8, 4) is 28.7 Å². The second-order valence-corrected chi connectivity index (χ2v) is 10.5. The first-order valence-electron chi connectivity index (χ1n) is 12.9. The highest BCUT2D eigenvalue weighted by Crippen LogP contribution is 2.38. The third kappa shape index (κ3) is 6.60. The molecule has 1 saturated heterocycles. The topological polar surface area (TPSA) is 93.8 Å². The van der Waals surface area contributed by atoms with Crippen molar-refractivity contribution in [1.82, 2.24) is 9.47 Å². The van der Waals surface area contributed by atoms with Crippen LogP contribution in [0.15, 0.2) is 60.8 Å². The summed E-state index contributed by atoms with van der Waals surface area (Å²) in [4.78, 5) is 26.7. The van der Waals surface area contributed by atoms with Crippen LogP contribution in [0.3, 0.4) is 0 Å². The molecule has 1 atom stereocenters. The molecule has 2 heterocycles. The van der Waals surface area contributed by atoms with Crippen LogP contribution >= 0.6 is 0 Å². The molecule has 1 aromatic heterocycles. The van der Waals surface area contributed by atoms with Crippen LogP contribution in [0.25, 0.3) is 11.1 Å². The number of alkyl halides is 2. The van der Waals surface area contributed by atoms with Gasteiger partial charge in [0.05, 0.1) is 24.8 Å². The van der Waals surface area contributed by atoms with Gasteiger partial charge in [0, 0.05) is 24.7 Å².